The van der Waals surface area contributed by atoms with Crippen LogP contribution >= 0.6 is 0 Å². The van der Waals surface area contributed by atoms with E-state index in [-0.39, 0.29) is 24.4 Å². The first-order chi connectivity index (χ1) is 12.2. The van der Waals surface area contributed by atoms with Crippen LogP contribution in [0.1, 0.15) is 56.2 Å². The minimum Gasteiger partial charge on any atom is -0.342 e. The Hall–Kier alpha value is -2.12. The average Bonchev–Trinajstić information content (AvgIpc) is 3.15. The van der Waals surface area contributed by atoms with Gasteiger partial charge in [0, 0.05) is 38.0 Å². The molecule has 25 heavy (non-hydrogen) atoms. The van der Waals surface area contributed by atoms with E-state index in [1.807, 2.05) is 4.90 Å². The van der Waals surface area contributed by atoms with Gasteiger partial charge in [-0.1, -0.05) is 5.16 Å². The maximum absolute atomic E-state index is 12.4. The fourth-order valence-corrected chi connectivity index (χ4v) is 3.63. The molecular weight excluding hydrogens is 322 g/mol. The van der Waals surface area contributed by atoms with E-state index in [1.165, 1.54) is 0 Å². The molecule has 3 fully saturated rings. The summed E-state index contributed by atoms with van der Waals surface area (Å²) in [6, 6.07) is -0.121. The highest BCUT2D eigenvalue weighted by Crippen LogP contribution is 2.38. The monoisotopic (exact) mass is 347 g/mol. The van der Waals surface area contributed by atoms with Gasteiger partial charge in [-0.2, -0.15) is 4.98 Å². The first-order valence-electron chi connectivity index (χ1n) is 9.35. The highest BCUT2D eigenvalue weighted by atomic mass is 16.5. The summed E-state index contributed by atoms with van der Waals surface area (Å²) in [5.74, 6) is 1.97. The van der Waals surface area contributed by atoms with Crippen LogP contribution in [0, 0.1) is 5.92 Å². The fraction of sp³-hybridized carbons (Fsp3) is 0.765. The number of urea groups is 1. The molecule has 0 aromatic carbocycles. The van der Waals surface area contributed by atoms with Crippen molar-refractivity contribution in [1.29, 1.82) is 0 Å². The Morgan fingerprint density at radius 1 is 1.04 bits per heavy atom. The standard InChI is InChI=1S/C17H25N5O3/c23-16(21-7-1-2-8-21)13-5-9-22(10-6-13)17(24)18-11-14-19-15(25-20-14)12-3-4-12/h12-13H,1-11H2,(H,18,24). The largest absolute Gasteiger partial charge is 0.342 e. The Morgan fingerprint density at radius 3 is 2.44 bits per heavy atom. The summed E-state index contributed by atoms with van der Waals surface area (Å²) < 4.78 is 5.19. The molecule has 8 heteroatoms. The number of carbonyl (C=O) groups is 2. The number of carbonyl (C=O) groups excluding carboxylic acids is 2. The van der Waals surface area contributed by atoms with Gasteiger partial charge < -0.3 is 19.6 Å². The Bertz CT molecular complexity index is 628. The molecule has 0 radical (unpaired) electrons. The van der Waals surface area contributed by atoms with E-state index in [0.717, 1.165) is 51.6 Å². The molecule has 2 saturated heterocycles. The third-order valence-corrected chi connectivity index (χ3v) is 5.36. The smallest absolute Gasteiger partial charge is 0.317 e. The lowest BCUT2D eigenvalue weighted by atomic mass is 9.95. The van der Waals surface area contributed by atoms with Crippen LogP contribution in [0.15, 0.2) is 4.52 Å². The zero-order valence-electron chi connectivity index (χ0n) is 14.4. The first kappa shape index (κ1) is 16.4. The Balaban J connectivity index is 1.21. The molecule has 2 aliphatic heterocycles. The molecule has 1 aliphatic carbocycles. The molecule has 0 bridgehead atoms. The molecule has 136 valence electrons. The van der Waals surface area contributed by atoms with Crippen LogP contribution in [0.25, 0.3) is 0 Å². The van der Waals surface area contributed by atoms with Crippen molar-refractivity contribution < 1.29 is 14.1 Å². The summed E-state index contributed by atoms with van der Waals surface area (Å²) >= 11 is 0. The summed E-state index contributed by atoms with van der Waals surface area (Å²) in [6.07, 6.45) is 5.95. The van der Waals surface area contributed by atoms with Gasteiger partial charge in [0.25, 0.3) is 0 Å². The third-order valence-electron chi connectivity index (χ3n) is 5.36. The lowest BCUT2D eigenvalue weighted by Crippen LogP contribution is -2.47. The maximum atomic E-state index is 12.4. The van der Waals surface area contributed by atoms with E-state index in [9.17, 15) is 9.59 Å². The third kappa shape index (κ3) is 3.77. The van der Waals surface area contributed by atoms with E-state index in [4.69, 9.17) is 4.52 Å². The second-order valence-electron chi connectivity index (χ2n) is 7.28. The zero-order chi connectivity index (χ0) is 17.2. The van der Waals surface area contributed by atoms with E-state index in [2.05, 4.69) is 15.5 Å². The molecule has 1 N–H and O–H groups in total. The summed E-state index contributed by atoms with van der Waals surface area (Å²) in [5, 5.41) is 6.75. The van der Waals surface area contributed by atoms with Gasteiger partial charge in [0.1, 0.15) is 0 Å². The molecule has 3 aliphatic rings. The van der Waals surface area contributed by atoms with Crippen LogP contribution in [-0.2, 0) is 11.3 Å². The molecule has 3 amide bonds. The van der Waals surface area contributed by atoms with Crippen molar-refractivity contribution >= 4 is 11.9 Å². The molecular formula is C17H25N5O3. The van der Waals surface area contributed by atoms with Crippen LogP contribution < -0.4 is 5.32 Å². The normalized spacial score (nSPS) is 21.6. The van der Waals surface area contributed by atoms with Gasteiger partial charge in [-0.3, -0.25) is 4.79 Å². The Labute approximate surface area is 146 Å². The average molecular weight is 347 g/mol. The fourth-order valence-electron chi connectivity index (χ4n) is 3.63. The second kappa shape index (κ2) is 7.01. The highest BCUT2D eigenvalue weighted by molar-refractivity contribution is 5.80. The SMILES string of the molecule is O=C(NCc1noc(C2CC2)n1)N1CCC(C(=O)N2CCCC2)CC1. The molecule has 1 aromatic rings. The van der Waals surface area contributed by atoms with Gasteiger partial charge in [-0.05, 0) is 38.5 Å². The van der Waals surface area contributed by atoms with Gasteiger partial charge in [0.15, 0.2) is 5.82 Å². The van der Waals surface area contributed by atoms with Gasteiger partial charge in [-0.25, -0.2) is 4.79 Å². The van der Waals surface area contributed by atoms with Gasteiger partial charge in [0.2, 0.25) is 11.8 Å². The quantitative estimate of drug-likeness (QED) is 0.891. The molecule has 0 spiro atoms. The number of nitrogens with one attached hydrogen (secondary N) is 1. The van der Waals surface area contributed by atoms with Gasteiger partial charge in [-0.15, -0.1) is 0 Å². The van der Waals surface area contributed by atoms with Crippen LogP contribution in [0.5, 0.6) is 0 Å². The number of aromatic nitrogens is 2. The summed E-state index contributed by atoms with van der Waals surface area (Å²) in [5.41, 5.74) is 0. The number of likely N-dealkylation sites (tertiary alicyclic amines) is 2. The van der Waals surface area contributed by atoms with Crippen LogP contribution in [0.3, 0.4) is 0 Å². The predicted octanol–water partition coefficient (Wildman–Crippen LogP) is 1.49. The summed E-state index contributed by atoms with van der Waals surface area (Å²) in [4.78, 5) is 32.8. The number of hydrogen-bond acceptors (Lipinski definition) is 5. The molecule has 0 unspecified atom stereocenters. The molecule has 4 rings (SSSR count). The highest BCUT2D eigenvalue weighted by Gasteiger charge is 2.32. The van der Waals surface area contributed by atoms with Crippen molar-refractivity contribution in [2.75, 3.05) is 26.2 Å². The van der Waals surface area contributed by atoms with Gasteiger partial charge in [0.05, 0.1) is 6.54 Å². The van der Waals surface area contributed by atoms with Crippen molar-refractivity contribution in [1.82, 2.24) is 25.3 Å². The van der Waals surface area contributed by atoms with Crippen molar-refractivity contribution in [2.45, 2.75) is 51.0 Å². The number of amides is 3. The van der Waals surface area contributed by atoms with Crippen molar-refractivity contribution in [3.63, 3.8) is 0 Å². The maximum Gasteiger partial charge on any atom is 0.317 e. The predicted molar refractivity (Wildman–Crippen MR) is 88.6 cm³/mol. The molecule has 1 saturated carbocycles. The van der Waals surface area contributed by atoms with E-state index in [0.29, 0.717) is 30.7 Å². The number of rotatable bonds is 4. The summed E-state index contributed by atoms with van der Waals surface area (Å²) in [6.45, 7) is 3.31. The Morgan fingerprint density at radius 2 is 1.76 bits per heavy atom. The number of piperidine rings is 1. The van der Waals surface area contributed by atoms with Crippen molar-refractivity contribution in [3.05, 3.63) is 11.7 Å². The van der Waals surface area contributed by atoms with E-state index >= 15 is 0 Å². The minimum absolute atomic E-state index is 0.0699. The topological polar surface area (TPSA) is 91.6 Å². The second-order valence-corrected chi connectivity index (χ2v) is 7.28. The lowest BCUT2D eigenvalue weighted by Gasteiger charge is -2.33. The lowest BCUT2D eigenvalue weighted by molar-refractivity contribution is -0.135. The number of hydrogen-bond donors (Lipinski definition) is 1. The van der Waals surface area contributed by atoms with Crippen molar-refractivity contribution in [2.24, 2.45) is 5.92 Å². The van der Waals surface area contributed by atoms with Crippen LogP contribution in [-0.4, -0.2) is 58.1 Å². The molecule has 1 aromatic heterocycles. The zero-order valence-corrected chi connectivity index (χ0v) is 14.4. The number of nitrogens with zero attached hydrogens (tertiary/aromatic N) is 4. The van der Waals surface area contributed by atoms with Crippen LogP contribution in [0.4, 0.5) is 4.79 Å². The van der Waals surface area contributed by atoms with E-state index in [1.54, 1.807) is 4.90 Å². The Kier molecular flexibility index (Phi) is 4.59. The minimum atomic E-state index is -0.121. The molecule has 3 heterocycles. The summed E-state index contributed by atoms with van der Waals surface area (Å²) in [7, 11) is 0. The van der Waals surface area contributed by atoms with Crippen LogP contribution in [0.2, 0.25) is 0 Å². The molecule has 8 nitrogen and oxygen atoms in total. The van der Waals surface area contributed by atoms with E-state index < -0.39 is 0 Å². The molecule has 0 atom stereocenters. The first-order valence-corrected chi connectivity index (χ1v) is 9.35. The van der Waals surface area contributed by atoms with Crippen molar-refractivity contribution in [3.8, 4) is 0 Å². The van der Waals surface area contributed by atoms with Gasteiger partial charge >= 0.3 is 6.03 Å².